The van der Waals surface area contributed by atoms with Crippen LogP contribution in [-0.4, -0.2) is 33.7 Å². The topological polar surface area (TPSA) is 92.8 Å². The molecule has 7 nitrogen and oxygen atoms in total. The van der Waals surface area contributed by atoms with Gasteiger partial charge in [0.05, 0.1) is 41.3 Å². The monoisotopic (exact) mass is 389 g/mol. The zero-order valence-electron chi connectivity index (χ0n) is 16.8. The van der Waals surface area contributed by atoms with Gasteiger partial charge in [0, 0.05) is 43.1 Å². The molecule has 0 unspecified atom stereocenters. The largest absolute Gasteiger partial charge is 0.380 e. The van der Waals surface area contributed by atoms with Crippen LogP contribution in [0.3, 0.4) is 0 Å². The van der Waals surface area contributed by atoms with Gasteiger partial charge >= 0.3 is 0 Å². The first-order valence-corrected chi connectivity index (χ1v) is 9.69. The van der Waals surface area contributed by atoms with Gasteiger partial charge in [-0.05, 0) is 31.0 Å². The summed E-state index contributed by atoms with van der Waals surface area (Å²) in [6.45, 7) is 4.92. The molecule has 7 heteroatoms. The van der Waals surface area contributed by atoms with Gasteiger partial charge in [-0.3, -0.25) is 9.78 Å². The molecule has 1 amide bonds. The number of anilines is 1. The van der Waals surface area contributed by atoms with Crippen molar-refractivity contribution in [1.29, 1.82) is 5.26 Å². The molecule has 0 saturated carbocycles. The van der Waals surface area contributed by atoms with Crippen LogP contribution >= 0.6 is 0 Å². The van der Waals surface area contributed by atoms with E-state index in [-0.39, 0.29) is 11.3 Å². The molecule has 1 fully saturated rings. The average molecular weight is 389 g/mol. The number of carbonyl (C=O) groups excluding carboxylic acids is 1. The zero-order chi connectivity index (χ0) is 20.6. The van der Waals surface area contributed by atoms with Crippen LogP contribution in [0.15, 0.2) is 30.6 Å². The third kappa shape index (κ3) is 3.36. The lowest BCUT2D eigenvalue weighted by Crippen LogP contribution is -2.27. The van der Waals surface area contributed by atoms with Crippen molar-refractivity contribution in [2.24, 2.45) is 7.05 Å². The number of nitrogens with zero attached hydrogens (tertiary/aromatic N) is 4. The van der Waals surface area contributed by atoms with Crippen molar-refractivity contribution in [3.05, 3.63) is 41.9 Å². The minimum absolute atomic E-state index is 0.158. The van der Waals surface area contributed by atoms with E-state index in [1.807, 2.05) is 36.0 Å². The number of hydrogen-bond donors (Lipinski definition) is 1. The molecule has 1 aliphatic rings. The molecule has 0 aliphatic carbocycles. The van der Waals surface area contributed by atoms with Gasteiger partial charge in [-0.15, -0.1) is 0 Å². The Morgan fingerprint density at radius 3 is 2.90 bits per heavy atom. The van der Waals surface area contributed by atoms with E-state index in [9.17, 15) is 10.1 Å². The normalized spacial score (nSPS) is 18.7. The number of aryl methyl sites for hydroxylation is 1. The van der Waals surface area contributed by atoms with E-state index in [2.05, 4.69) is 23.3 Å². The van der Waals surface area contributed by atoms with Crippen LogP contribution in [0.5, 0.6) is 0 Å². The highest BCUT2D eigenvalue weighted by Gasteiger charge is 2.37. The Labute approximate surface area is 169 Å². The minimum Gasteiger partial charge on any atom is -0.380 e. The molecule has 0 radical (unpaired) electrons. The first kappa shape index (κ1) is 19.1. The molecular formula is C22H23N5O2. The number of nitrogens with one attached hydrogen (secondary N) is 1. The Hall–Kier alpha value is -3.24. The van der Waals surface area contributed by atoms with Gasteiger partial charge in [-0.1, -0.05) is 6.92 Å². The van der Waals surface area contributed by atoms with Crippen molar-refractivity contribution >= 4 is 22.6 Å². The Balaban J connectivity index is 1.90. The molecule has 4 heterocycles. The van der Waals surface area contributed by atoms with Crippen molar-refractivity contribution in [3.63, 3.8) is 0 Å². The summed E-state index contributed by atoms with van der Waals surface area (Å²) >= 11 is 0. The number of hydrogen-bond acceptors (Lipinski definition) is 5. The van der Waals surface area contributed by atoms with E-state index in [0.29, 0.717) is 24.6 Å². The van der Waals surface area contributed by atoms with E-state index < -0.39 is 0 Å². The smallest absolute Gasteiger partial charge is 0.222 e. The van der Waals surface area contributed by atoms with Gasteiger partial charge in [0.15, 0.2) is 0 Å². The van der Waals surface area contributed by atoms with E-state index in [4.69, 9.17) is 9.72 Å². The van der Waals surface area contributed by atoms with Gasteiger partial charge in [-0.25, -0.2) is 4.98 Å². The maximum absolute atomic E-state index is 11.4. The standard InChI is InChI=1S/C22H23N5O2/c1-4-22(5-6-29-13-22)20-8-15(10-23)7-18(26-20)17-12-27(3)19-11-24-21(9-16(17)19)25-14(2)28/h7-9,11-12H,4-6,13H2,1-3H3,(H,24,25,28)/t22-/m0/s1. The summed E-state index contributed by atoms with van der Waals surface area (Å²) < 4.78 is 7.65. The van der Waals surface area contributed by atoms with Gasteiger partial charge in [0.25, 0.3) is 0 Å². The fraction of sp³-hybridized carbons (Fsp3) is 0.364. The van der Waals surface area contributed by atoms with Crippen LogP contribution in [0.25, 0.3) is 22.2 Å². The van der Waals surface area contributed by atoms with Crippen molar-refractivity contribution in [2.75, 3.05) is 18.5 Å². The van der Waals surface area contributed by atoms with Crippen molar-refractivity contribution < 1.29 is 9.53 Å². The minimum atomic E-state index is -0.174. The summed E-state index contributed by atoms with van der Waals surface area (Å²) in [7, 11) is 1.94. The van der Waals surface area contributed by atoms with Crippen molar-refractivity contribution in [3.8, 4) is 17.3 Å². The molecule has 3 aromatic heterocycles. The average Bonchev–Trinajstić information content (AvgIpc) is 3.33. The van der Waals surface area contributed by atoms with E-state index in [0.717, 1.165) is 40.7 Å². The second kappa shape index (κ2) is 7.30. The Morgan fingerprint density at radius 1 is 1.41 bits per heavy atom. The quantitative estimate of drug-likeness (QED) is 0.737. The van der Waals surface area contributed by atoms with Gasteiger partial charge < -0.3 is 14.6 Å². The number of carbonyl (C=O) groups is 1. The molecule has 0 bridgehead atoms. The number of fused-ring (bicyclic) bond motifs is 1. The summed E-state index contributed by atoms with van der Waals surface area (Å²) in [6, 6.07) is 7.83. The highest BCUT2D eigenvalue weighted by atomic mass is 16.5. The fourth-order valence-corrected chi connectivity index (χ4v) is 4.00. The number of rotatable bonds is 4. The number of nitriles is 1. The van der Waals surface area contributed by atoms with Crippen LogP contribution in [0.2, 0.25) is 0 Å². The lowest BCUT2D eigenvalue weighted by molar-refractivity contribution is -0.114. The Morgan fingerprint density at radius 2 is 2.24 bits per heavy atom. The summed E-state index contributed by atoms with van der Waals surface area (Å²) in [5, 5.41) is 13.3. The summed E-state index contributed by atoms with van der Waals surface area (Å²) in [6.07, 6.45) is 5.52. The molecule has 3 aromatic rings. The van der Waals surface area contributed by atoms with E-state index in [1.54, 1.807) is 6.20 Å². The van der Waals surface area contributed by atoms with Crippen LogP contribution in [-0.2, 0) is 22.0 Å². The summed E-state index contributed by atoms with van der Waals surface area (Å²) in [4.78, 5) is 20.7. The lowest BCUT2D eigenvalue weighted by Gasteiger charge is -2.25. The van der Waals surface area contributed by atoms with Crippen LogP contribution in [0, 0.1) is 11.3 Å². The molecule has 1 atom stereocenters. The summed E-state index contributed by atoms with van der Waals surface area (Å²) in [5.74, 6) is 0.315. The van der Waals surface area contributed by atoms with Crippen LogP contribution in [0.1, 0.15) is 37.9 Å². The third-order valence-electron chi connectivity index (χ3n) is 5.73. The maximum Gasteiger partial charge on any atom is 0.222 e. The predicted molar refractivity (Wildman–Crippen MR) is 110 cm³/mol. The SMILES string of the molecule is CC[C@]1(c2cc(C#N)cc(-c3cn(C)c4cnc(NC(C)=O)cc34)n2)CCOC1. The lowest BCUT2D eigenvalue weighted by atomic mass is 9.80. The maximum atomic E-state index is 11.4. The number of aromatic nitrogens is 3. The first-order chi connectivity index (χ1) is 14.0. The van der Waals surface area contributed by atoms with Crippen molar-refractivity contribution in [2.45, 2.75) is 32.1 Å². The van der Waals surface area contributed by atoms with E-state index >= 15 is 0 Å². The number of pyridine rings is 2. The summed E-state index contributed by atoms with van der Waals surface area (Å²) in [5.41, 5.74) is 3.89. The second-order valence-electron chi connectivity index (χ2n) is 7.60. The van der Waals surface area contributed by atoms with Gasteiger partial charge in [0.2, 0.25) is 5.91 Å². The molecule has 4 rings (SSSR count). The molecular weight excluding hydrogens is 366 g/mol. The molecule has 0 aromatic carbocycles. The molecule has 29 heavy (non-hydrogen) atoms. The highest BCUT2D eigenvalue weighted by Crippen LogP contribution is 2.38. The Bertz CT molecular complexity index is 1140. The molecule has 1 aliphatic heterocycles. The number of ether oxygens (including phenoxy) is 1. The van der Waals surface area contributed by atoms with E-state index in [1.165, 1.54) is 6.92 Å². The number of amides is 1. The second-order valence-corrected chi connectivity index (χ2v) is 7.60. The Kier molecular flexibility index (Phi) is 4.81. The zero-order valence-corrected chi connectivity index (χ0v) is 16.8. The molecule has 0 spiro atoms. The fourth-order valence-electron chi connectivity index (χ4n) is 4.00. The third-order valence-corrected chi connectivity index (χ3v) is 5.73. The van der Waals surface area contributed by atoms with Gasteiger partial charge in [0.1, 0.15) is 5.82 Å². The van der Waals surface area contributed by atoms with Crippen LogP contribution < -0.4 is 5.32 Å². The van der Waals surface area contributed by atoms with Crippen molar-refractivity contribution in [1.82, 2.24) is 14.5 Å². The van der Waals surface area contributed by atoms with Gasteiger partial charge in [-0.2, -0.15) is 5.26 Å². The highest BCUT2D eigenvalue weighted by molar-refractivity contribution is 5.98. The molecule has 1 N–H and O–H groups in total. The molecule has 148 valence electrons. The van der Waals surface area contributed by atoms with Crippen LogP contribution in [0.4, 0.5) is 5.82 Å². The predicted octanol–water partition coefficient (Wildman–Crippen LogP) is 3.53. The first-order valence-electron chi connectivity index (χ1n) is 9.69. The molecule has 1 saturated heterocycles.